The quantitative estimate of drug-likeness (QED) is 0.734. The second-order valence-electron chi connectivity index (χ2n) is 4.16. The zero-order valence-corrected chi connectivity index (χ0v) is 9.51. The van der Waals surface area contributed by atoms with Gasteiger partial charge in [-0.2, -0.15) is 0 Å². The number of hydrogen-bond acceptors (Lipinski definition) is 4. The maximum atomic E-state index is 10.9. The molecular formula is C12H15NO4. The highest BCUT2D eigenvalue weighted by atomic mass is 16.5. The average molecular weight is 237 g/mol. The minimum absolute atomic E-state index is 0.133. The van der Waals surface area contributed by atoms with Crippen LogP contribution in [0.2, 0.25) is 0 Å². The van der Waals surface area contributed by atoms with Crippen LogP contribution in [0, 0.1) is 5.92 Å². The van der Waals surface area contributed by atoms with Crippen LogP contribution in [0.4, 0.5) is 0 Å². The van der Waals surface area contributed by atoms with E-state index in [0.29, 0.717) is 24.3 Å². The summed E-state index contributed by atoms with van der Waals surface area (Å²) in [6, 6.07) is 4.83. The van der Waals surface area contributed by atoms with Crippen LogP contribution in [-0.4, -0.2) is 29.8 Å². The Morgan fingerprint density at radius 3 is 2.88 bits per heavy atom. The summed E-state index contributed by atoms with van der Waals surface area (Å²) in [4.78, 5) is 10.9. The highest BCUT2D eigenvalue weighted by molar-refractivity contribution is 5.71. The Morgan fingerprint density at radius 1 is 1.53 bits per heavy atom. The summed E-state index contributed by atoms with van der Waals surface area (Å²) in [5.74, 6) is -0.388. The summed E-state index contributed by atoms with van der Waals surface area (Å²) in [7, 11) is 1.55. The van der Waals surface area contributed by atoms with Gasteiger partial charge < -0.3 is 20.3 Å². The zero-order valence-electron chi connectivity index (χ0n) is 9.51. The first-order valence-electron chi connectivity index (χ1n) is 5.45. The highest BCUT2D eigenvalue weighted by Gasteiger charge is 2.31. The summed E-state index contributed by atoms with van der Waals surface area (Å²) in [5, 5.41) is 21.8. The Balaban J connectivity index is 2.20. The molecule has 17 heavy (non-hydrogen) atoms. The third kappa shape index (κ3) is 2.34. The van der Waals surface area contributed by atoms with Crippen LogP contribution in [0.3, 0.4) is 0 Å². The number of methoxy groups -OCH3 is 1. The summed E-state index contributed by atoms with van der Waals surface area (Å²) in [6.07, 6.45) is 0.482. The molecule has 1 saturated heterocycles. The molecule has 0 aromatic heterocycles. The number of phenolic OH excluding ortho intramolecular Hbond substituents is 1. The first kappa shape index (κ1) is 11.7. The number of aliphatic carboxylic acids is 1. The lowest BCUT2D eigenvalue weighted by atomic mass is 9.99. The van der Waals surface area contributed by atoms with Crippen molar-refractivity contribution in [3.63, 3.8) is 0 Å². The van der Waals surface area contributed by atoms with E-state index < -0.39 is 11.9 Å². The number of carbonyl (C=O) groups is 1. The smallest absolute Gasteiger partial charge is 0.307 e. The molecule has 0 spiro atoms. The van der Waals surface area contributed by atoms with E-state index in [2.05, 4.69) is 5.32 Å². The molecule has 0 aliphatic carbocycles. The molecule has 3 N–H and O–H groups in total. The predicted molar refractivity (Wildman–Crippen MR) is 61.1 cm³/mol. The highest BCUT2D eigenvalue weighted by Crippen LogP contribution is 2.34. The molecule has 5 nitrogen and oxygen atoms in total. The molecule has 1 aliphatic heterocycles. The summed E-state index contributed by atoms with van der Waals surface area (Å²) >= 11 is 0. The van der Waals surface area contributed by atoms with E-state index in [9.17, 15) is 9.90 Å². The van der Waals surface area contributed by atoms with Crippen LogP contribution in [0.1, 0.15) is 18.0 Å². The number of carboxylic acid groups (broad SMARTS) is 1. The molecule has 0 amide bonds. The molecule has 2 rings (SSSR count). The minimum Gasteiger partial charge on any atom is -0.508 e. The van der Waals surface area contributed by atoms with Crippen molar-refractivity contribution in [2.45, 2.75) is 12.5 Å². The first-order valence-corrected chi connectivity index (χ1v) is 5.45. The second-order valence-corrected chi connectivity index (χ2v) is 4.16. The van der Waals surface area contributed by atoms with Gasteiger partial charge in [0, 0.05) is 18.2 Å². The number of rotatable bonds is 3. The van der Waals surface area contributed by atoms with Crippen LogP contribution in [0.15, 0.2) is 18.2 Å². The van der Waals surface area contributed by atoms with Crippen LogP contribution in [0.25, 0.3) is 0 Å². The molecule has 1 aromatic carbocycles. The van der Waals surface area contributed by atoms with Crippen LogP contribution >= 0.6 is 0 Å². The van der Waals surface area contributed by atoms with Gasteiger partial charge in [0.15, 0.2) is 0 Å². The van der Waals surface area contributed by atoms with Gasteiger partial charge in [0.2, 0.25) is 0 Å². The molecule has 5 heteroatoms. The van der Waals surface area contributed by atoms with Crippen molar-refractivity contribution < 1.29 is 19.7 Å². The third-order valence-corrected chi connectivity index (χ3v) is 3.09. The number of phenols is 1. The van der Waals surface area contributed by atoms with E-state index in [-0.39, 0.29) is 11.8 Å². The standard InChI is InChI=1S/C12H15NO4/c1-17-8-2-3-11(14)9(5-8)10-4-7(6-13-10)12(15)16/h2-3,5,7,10,13-14H,4,6H2,1H3,(H,15,16). The van der Waals surface area contributed by atoms with E-state index in [1.54, 1.807) is 25.3 Å². The molecule has 0 saturated carbocycles. The van der Waals surface area contributed by atoms with Gasteiger partial charge in [-0.3, -0.25) is 4.79 Å². The van der Waals surface area contributed by atoms with Crippen LogP contribution in [-0.2, 0) is 4.79 Å². The number of hydrogen-bond donors (Lipinski definition) is 3. The van der Waals surface area contributed by atoms with Crippen molar-refractivity contribution in [1.29, 1.82) is 0 Å². The second kappa shape index (κ2) is 4.63. The molecule has 92 valence electrons. The molecule has 2 unspecified atom stereocenters. The monoisotopic (exact) mass is 237 g/mol. The SMILES string of the molecule is COc1ccc(O)c(C2CC(C(=O)O)CN2)c1. The Bertz CT molecular complexity index is 433. The number of aromatic hydroxyl groups is 1. The maximum Gasteiger partial charge on any atom is 0.307 e. The zero-order chi connectivity index (χ0) is 12.4. The van der Waals surface area contributed by atoms with E-state index in [4.69, 9.17) is 9.84 Å². The number of benzene rings is 1. The Hall–Kier alpha value is -1.75. The maximum absolute atomic E-state index is 10.9. The summed E-state index contributed by atoms with van der Waals surface area (Å²) in [6.45, 7) is 0.427. The molecule has 1 heterocycles. The van der Waals surface area contributed by atoms with E-state index >= 15 is 0 Å². The molecule has 1 aromatic rings. The fourth-order valence-corrected chi connectivity index (χ4v) is 2.10. The van der Waals surface area contributed by atoms with Crippen molar-refractivity contribution in [2.24, 2.45) is 5.92 Å². The van der Waals surface area contributed by atoms with E-state index in [0.717, 1.165) is 0 Å². The molecule has 1 fully saturated rings. The van der Waals surface area contributed by atoms with E-state index in [1.807, 2.05) is 0 Å². The van der Waals surface area contributed by atoms with Gasteiger partial charge in [0.05, 0.1) is 13.0 Å². The van der Waals surface area contributed by atoms with E-state index in [1.165, 1.54) is 0 Å². The topological polar surface area (TPSA) is 78.8 Å². The minimum atomic E-state index is -0.803. The van der Waals surface area contributed by atoms with Gasteiger partial charge in [0.1, 0.15) is 11.5 Å². The van der Waals surface area contributed by atoms with Crippen molar-refractivity contribution in [3.05, 3.63) is 23.8 Å². The molecule has 0 radical (unpaired) electrons. The number of carboxylic acids is 1. The van der Waals surface area contributed by atoms with Gasteiger partial charge in [0.25, 0.3) is 0 Å². The van der Waals surface area contributed by atoms with Gasteiger partial charge in [-0.1, -0.05) is 0 Å². The average Bonchev–Trinajstić information content (AvgIpc) is 2.79. The lowest BCUT2D eigenvalue weighted by Crippen LogP contribution is -2.17. The van der Waals surface area contributed by atoms with Crippen molar-refractivity contribution >= 4 is 5.97 Å². The summed E-state index contributed by atoms with van der Waals surface area (Å²) < 4.78 is 5.09. The lowest BCUT2D eigenvalue weighted by Gasteiger charge is -2.13. The van der Waals surface area contributed by atoms with Crippen LogP contribution < -0.4 is 10.1 Å². The fraction of sp³-hybridized carbons (Fsp3) is 0.417. The molecule has 2 atom stereocenters. The Labute approximate surface area is 99.0 Å². The van der Waals surface area contributed by atoms with Gasteiger partial charge >= 0.3 is 5.97 Å². The number of nitrogens with one attached hydrogen (secondary N) is 1. The van der Waals surface area contributed by atoms with Crippen molar-refractivity contribution in [3.8, 4) is 11.5 Å². The predicted octanol–water partition coefficient (Wildman–Crippen LogP) is 1.14. The fourth-order valence-electron chi connectivity index (χ4n) is 2.10. The summed E-state index contributed by atoms with van der Waals surface area (Å²) in [5.41, 5.74) is 0.688. The first-order chi connectivity index (χ1) is 8.11. The lowest BCUT2D eigenvalue weighted by molar-refractivity contribution is -0.141. The van der Waals surface area contributed by atoms with Crippen LogP contribution in [0.5, 0.6) is 11.5 Å². The van der Waals surface area contributed by atoms with Crippen molar-refractivity contribution in [2.75, 3.05) is 13.7 Å². The molecule has 0 bridgehead atoms. The largest absolute Gasteiger partial charge is 0.508 e. The molecule has 1 aliphatic rings. The van der Waals surface area contributed by atoms with Gasteiger partial charge in [-0.25, -0.2) is 0 Å². The van der Waals surface area contributed by atoms with Gasteiger partial charge in [-0.05, 0) is 24.6 Å². The Kier molecular flexibility index (Phi) is 3.19. The molecular weight excluding hydrogens is 222 g/mol. The van der Waals surface area contributed by atoms with Gasteiger partial charge in [-0.15, -0.1) is 0 Å². The third-order valence-electron chi connectivity index (χ3n) is 3.09. The normalized spacial score (nSPS) is 23.6. The Morgan fingerprint density at radius 2 is 2.29 bits per heavy atom. The van der Waals surface area contributed by atoms with Crippen molar-refractivity contribution in [1.82, 2.24) is 5.32 Å². The number of ether oxygens (including phenoxy) is 1.